The minimum Gasteiger partial charge on any atom is -0.444 e. The maximum absolute atomic E-state index is 11.7. The summed E-state index contributed by atoms with van der Waals surface area (Å²) in [5.74, 6) is 0.646. The van der Waals surface area contributed by atoms with Crippen LogP contribution in [-0.2, 0) is 4.74 Å². The number of ether oxygens (including phenoxy) is 1. The van der Waals surface area contributed by atoms with E-state index in [1.807, 2.05) is 20.8 Å². The van der Waals surface area contributed by atoms with E-state index in [0.29, 0.717) is 5.92 Å². The van der Waals surface area contributed by atoms with Crippen LogP contribution in [0.5, 0.6) is 0 Å². The van der Waals surface area contributed by atoms with Gasteiger partial charge in [-0.25, -0.2) is 4.79 Å². The predicted octanol–water partition coefficient (Wildman–Crippen LogP) is 3.34. The molecule has 2 atom stereocenters. The Hall–Kier alpha value is -0.730. The van der Waals surface area contributed by atoms with Gasteiger partial charge in [-0.15, -0.1) is 0 Å². The molecule has 0 bridgehead atoms. The third kappa shape index (κ3) is 3.13. The van der Waals surface area contributed by atoms with Crippen molar-refractivity contribution in [2.24, 2.45) is 11.3 Å². The smallest absolute Gasteiger partial charge is 0.407 e. The topological polar surface area (TPSA) is 38.3 Å². The van der Waals surface area contributed by atoms with Gasteiger partial charge in [-0.3, -0.25) is 0 Å². The summed E-state index contributed by atoms with van der Waals surface area (Å²) in [6.07, 6.45) is 1.93. The normalized spacial score (nSPS) is 28.9. The van der Waals surface area contributed by atoms with Crippen LogP contribution in [0.3, 0.4) is 0 Å². The number of carbonyl (C=O) groups excluding carboxylic acids is 1. The van der Waals surface area contributed by atoms with E-state index in [0.717, 1.165) is 6.42 Å². The molecule has 1 fully saturated rings. The lowest BCUT2D eigenvalue weighted by Gasteiger charge is -2.32. The molecule has 0 saturated heterocycles. The lowest BCUT2D eigenvalue weighted by atomic mass is 9.80. The summed E-state index contributed by atoms with van der Waals surface area (Å²) >= 11 is 0. The van der Waals surface area contributed by atoms with Crippen molar-refractivity contribution in [1.29, 1.82) is 0 Å². The largest absolute Gasteiger partial charge is 0.444 e. The van der Waals surface area contributed by atoms with Crippen LogP contribution in [0.25, 0.3) is 0 Å². The number of hydrogen-bond donors (Lipinski definition) is 1. The van der Waals surface area contributed by atoms with Gasteiger partial charge in [0.1, 0.15) is 5.60 Å². The predicted molar refractivity (Wildman–Crippen MR) is 65.3 cm³/mol. The molecule has 16 heavy (non-hydrogen) atoms. The van der Waals surface area contributed by atoms with Crippen molar-refractivity contribution in [3.05, 3.63) is 0 Å². The Balaban J connectivity index is 2.53. The Kier molecular flexibility index (Phi) is 3.56. The first-order valence-electron chi connectivity index (χ1n) is 6.12. The quantitative estimate of drug-likeness (QED) is 0.746. The summed E-state index contributed by atoms with van der Waals surface area (Å²) in [5, 5.41) is 2.99. The molecule has 1 aliphatic carbocycles. The summed E-state index contributed by atoms with van der Waals surface area (Å²) in [6.45, 7) is 12.3. The molecule has 0 spiro atoms. The minimum atomic E-state index is -0.418. The van der Waals surface area contributed by atoms with Crippen molar-refractivity contribution >= 4 is 6.09 Å². The number of hydrogen-bond acceptors (Lipinski definition) is 2. The number of rotatable bonds is 1. The molecule has 1 saturated carbocycles. The van der Waals surface area contributed by atoms with E-state index in [-0.39, 0.29) is 17.6 Å². The van der Waals surface area contributed by atoms with Crippen molar-refractivity contribution in [2.75, 3.05) is 0 Å². The molecule has 1 aliphatic rings. The first-order valence-corrected chi connectivity index (χ1v) is 6.12. The highest BCUT2D eigenvalue weighted by molar-refractivity contribution is 5.68. The van der Waals surface area contributed by atoms with E-state index < -0.39 is 5.60 Å². The fraction of sp³-hybridized carbons (Fsp3) is 0.923. The number of carbonyl (C=O) groups is 1. The van der Waals surface area contributed by atoms with Crippen molar-refractivity contribution in [1.82, 2.24) is 5.32 Å². The zero-order valence-electron chi connectivity index (χ0n) is 11.4. The van der Waals surface area contributed by atoms with Crippen molar-refractivity contribution in [3.63, 3.8) is 0 Å². The molecule has 94 valence electrons. The first-order chi connectivity index (χ1) is 7.13. The highest BCUT2D eigenvalue weighted by Crippen LogP contribution is 2.42. The average molecular weight is 227 g/mol. The minimum absolute atomic E-state index is 0.164. The van der Waals surface area contributed by atoms with Crippen molar-refractivity contribution in [3.8, 4) is 0 Å². The van der Waals surface area contributed by atoms with E-state index in [2.05, 4.69) is 26.1 Å². The highest BCUT2D eigenvalue weighted by atomic mass is 16.6. The molecular weight excluding hydrogens is 202 g/mol. The molecule has 0 aromatic heterocycles. The standard InChI is InChI=1S/C13H25NO2/c1-9-7-8-10(13(9,5)6)14-11(15)16-12(2,3)4/h9-10H,7-8H2,1-6H3,(H,14,15). The Bertz CT molecular complexity index is 266. The Morgan fingerprint density at radius 2 is 1.88 bits per heavy atom. The summed E-state index contributed by atoms with van der Waals surface area (Å²) in [7, 11) is 0. The number of nitrogens with one attached hydrogen (secondary N) is 1. The van der Waals surface area contributed by atoms with Gasteiger partial charge in [-0.2, -0.15) is 0 Å². The highest BCUT2D eigenvalue weighted by Gasteiger charge is 2.41. The van der Waals surface area contributed by atoms with Gasteiger partial charge in [0.15, 0.2) is 0 Å². The van der Waals surface area contributed by atoms with Crippen molar-refractivity contribution in [2.45, 2.75) is 66.0 Å². The zero-order chi connectivity index (χ0) is 12.6. The Morgan fingerprint density at radius 3 is 2.25 bits per heavy atom. The Labute approximate surface area is 98.9 Å². The summed E-state index contributed by atoms with van der Waals surface area (Å²) < 4.78 is 5.28. The van der Waals surface area contributed by atoms with Crippen LogP contribution >= 0.6 is 0 Å². The van der Waals surface area contributed by atoms with Crippen molar-refractivity contribution < 1.29 is 9.53 Å². The first kappa shape index (κ1) is 13.3. The van der Waals surface area contributed by atoms with Crippen LogP contribution < -0.4 is 5.32 Å². The second-order valence-corrected chi connectivity index (χ2v) is 6.50. The van der Waals surface area contributed by atoms with Crippen LogP contribution in [-0.4, -0.2) is 17.7 Å². The van der Waals surface area contributed by atoms with E-state index >= 15 is 0 Å². The zero-order valence-corrected chi connectivity index (χ0v) is 11.4. The lowest BCUT2D eigenvalue weighted by Crippen LogP contribution is -2.45. The van der Waals surface area contributed by atoms with E-state index in [1.165, 1.54) is 6.42 Å². The van der Waals surface area contributed by atoms with Gasteiger partial charge in [0.25, 0.3) is 0 Å². The molecular formula is C13H25NO2. The number of amides is 1. The van der Waals surface area contributed by atoms with Crippen LogP contribution in [0.4, 0.5) is 4.79 Å². The molecule has 0 aromatic carbocycles. The molecule has 0 aromatic rings. The van der Waals surface area contributed by atoms with Gasteiger partial charge in [-0.1, -0.05) is 20.8 Å². The molecule has 1 N–H and O–H groups in total. The maximum atomic E-state index is 11.7. The fourth-order valence-electron chi connectivity index (χ4n) is 2.21. The SMILES string of the molecule is CC1CCC(NC(=O)OC(C)(C)C)C1(C)C. The molecule has 1 rings (SSSR count). The Morgan fingerprint density at radius 1 is 1.31 bits per heavy atom. The van der Waals surface area contributed by atoms with Gasteiger partial charge < -0.3 is 10.1 Å². The molecule has 3 nitrogen and oxygen atoms in total. The molecule has 2 unspecified atom stereocenters. The van der Waals surface area contributed by atoms with E-state index in [1.54, 1.807) is 0 Å². The van der Waals surface area contributed by atoms with Gasteiger partial charge >= 0.3 is 6.09 Å². The third-order valence-corrected chi connectivity index (χ3v) is 3.75. The van der Waals surface area contributed by atoms with Gasteiger partial charge in [0.05, 0.1) is 0 Å². The maximum Gasteiger partial charge on any atom is 0.407 e. The van der Waals surface area contributed by atoms with E-state index in [4.69, 9.17) is 4.74 Å². The second kappa shape index (κ2) is 4.27. The molecule has 3 heteroatoms. The number of alkyl carbamates (subject to hydrolysis) is 1. The third-order valence-electron chi connectivity index (χ3n) is 3.75. The second-order valence-electron chi connectivity index (χ2n) is 6.50. The average Bonchev–Trinajstić information content (AvgIpc) is 2.28. The van der Waals surface area contributed by atoms with Crippen LogP contribution in [0, 0.1) is 11.3 Å². The monoisotopic (exact) mass is 227 g/mol. The molecule has 0 aliphatic heterocycles. The summed E-state index contributed by atoms with van der Waals surface area (Å²) in [6, 6.07) is 0.234. The van der Waals surface area contributed by atoms with Gasteiger partial charge in [0, 0.05) is 6.04 Å². The lowest BCUT2D eigenvalue weighted by molar-refractivity contribution is 0.0462. The van der Waals surface area contributed by atoms with Crippen LogP contribution in [0.2, 0.25) is 0 Å². The molecule has 0 radical (unpaired) electrons. The summed E-state index contributed by atoms with van der Waals surface area (Å²) in [4.78, 5) is 11.7. The van der Waals surface area contributed by atoms with E-state index in [9.17, 15) is 4.79 Å². The molecule has 0 heterocycles. The van der Waals surface area contributed by atoms with Crippen LogP contribution in [0.1, 0.15) is 54.4 Å². The fourth-order valence-corrected chi connectivity index (χ4v) is 2.21. The summed E-state index contributed by atoms with van der Waals surface area (Å²) in [5.41, 5.74) is -0.255. The van der Waals surface area contributed by atoms with Gasteiger partial charge in [-0.05, 0) is 44.9 Å². The van der Waals surface area contributed by atoms with Gasteiger partial charge in [0.2, 0.25) is 0 Å². The molecule has 1 amide bonds. The van der Waals surface area contributed by atoms with Crippen LogP contribution in [0.15, 0.2) is 0 Å².